The predicted molar refractivity (Wildman–Crippen MR) is 80.6 cm³/mol. The number of anilines is 1. The Bertz CT molecular complexity index is 566. The summed E-state index contributed by atoms with van der Waals surface area (Å²) < 4.78 is 1.16. The molecule has 1 saturated carbocycles. The number of fused-ring (bicyclic) bond motifs is 1. The molecule has 0 radical (unpaired) electrons. The largest absolute Gasteiger partial charge is 0.368 e. The third-order valence-electron chi connectivity index (χ3n) is 4.03. The fourth-order valence-electron chi connectivity index (χ4n) is 2.81. The maximum atomic E-state index is 6.19. The second-order valence-electron chi connectivity index (χ2n) is 5.41. The summed E-state index contributed by atoms with van der Waals surface area (Å²) in [5, 5.41) is 5.62. The monoisotopic (exact) mass is 276 g/mol. The lowest BCUT2D eigenvalue weighted by Gasteiger charge is -2.28. The van der Waals surface area contributed by atoms with Crippen LogP contribution in [0.25, 0.3) is 10.2 Å². The minimum absolute atomic E-state index is 0.337. The minimum atomic E-state index is 0.337. The molecule has 19 heavy (non-hydrogen) atoms. The Labute approximate surface area is 117 Å². The van der Waals surface area contributed by atoms with E-state index >= 15 is 0 Å². The third kappa shape index (κ3) is 2.58. The molecule has 3 rings (SSSR count). The van der Waals surface area contributed by atoms with Crippen molar-refractivity contribution in [2.45, 2.75) is 38.6 Å². The summed E-state index contributed by atoms with van der Waals surface area (Å²) in [7, 11) is 0. The van der Waals surface area contributed by atoms with E-state index in [0.29, 0.717) is 12.0 Å². The average molecular weight is 276 g/mol. The number of nitrogens with one attached hydrogen (secondary N) is 1. The third-order valence-corrected chi connectivity index (χ3v) is 5.12. The van der Waals surface area contributed by atoms with Crippen LogP contribution in [0.2, 0.25) is 0 Å². The van der Waals surface area contributed by atoms with Gasteiger partial charge in [-0.3, -0.25) is 0 Å². The van der Waals surface area contributed by atoms with Crippen LogP contribution in [0.15, 0.2) is 11.7 Å². The Kier molecular flexibility index (Phi) is 3.66. The molecule has 1 aliphatic rings. The summed E-state index contributed by atoms with van der Waals surface area (Å²) >= 11 is 1.71. The number of thiophene rings is 1. The minimum Gasteiger partial charge on any atom is -0.368 e. The molecular weight excluding hydrogens is 256 g/mol. The quantitative estimate of drug-likeness (QED) is 0.904. The molecule has 0 spiro atoms. The standard InChI is InChI=1S/C14H20N4S/c1-9-7-19-13-12(9)17-8-18-14(13)16-6-10-4-2-3-5-11(10)15/h7-8,10-11H,2-6,15H2,1H3,(H,16,17,18). The lowest BCUT2D eigenvalue weighted by Crippen LogP contribution is -2.37. The van der Waals surface area contributed by atoms with E-state index in [-0.39, 0.29) is 0 Å². The van der Waals surface area contributed by atoms with Gasteiger partial charge < -0.3 is 11.1 Å². The molecular formula is C14H20N4S. The van der Waals surface area contributed by atoms with Gasteiger partial charge in [-0.05, 0) is 36.6 Å². The first-order valence-corrected chi connectivity index (χ1v) is 7.82. The lowest BCUT2D eigenvalue weighted by atomic mass is 9.85. The molecule has 2 heterocycles. The molecule has 0 saturated heterocycles. The van der Waals surface area contributed by atoms with E-state index in [1.165, 1.54) is 24.8 Å². The Balaban J connectivity index is 1.74. The first-order chi connectivity index (χ1) is 9.25. The highest BCUT2D eigenvalue weighted by atomic mass is 32.1. The molecule has 2 atom stereocenters. The molecule has 0 amide bonds. The zero-order valence-electron chi connectivity index (χ0n) is 11.2. The average Bonchev–Trinajstić information content (AvgIpc) is 2.81. The highest BCUT2D eigenvalue weighted by molar-refractivity contribution is 7.18. The van der Waals surface area contributed by atoms with Crippen molar-refractivity contribution < 1.29 is 0 Å². The number of hydrogen-bond donors (Lipinski definition) is 2. The summed E-state index contributed by atoms with van der Waals surface area (Å²) in [6.45, 7) is 3.01. The summed E-state index contributed by atoms with van der Waals surface area (Å²) in [5.41, 5.74) is 8.48. The zero-order valence-corrected chi connectivity index (χ0v) is 12.0. The molecule has 0 aliphatic heterocycles. The summed E-state index contributed by atoms with van der Waals surface area (Å²) in [5.74, 6) is 1.53. The van der Waals surface area contributed by atoms with E-state index < -0.39 is 0 Å². The highest BCUT2D eigenvalue weighted by Gasteiger charge is 2.21. The fourth-order valence-corrected chi connectivity index (χ4v) is 3.78. The second kappa shape index (κ2) is 5.43. The fraction of sp³-hybridized carbons (Fsp3) is 0.571. The van der Waals surface area contributed by atoms with Gasteiger partial charge in [0.25, 0.3) is 0 Å². The normalized spacial score (nSPS) is 23.7. The van der Waals surface area contributed by atoms with Gasteiger partial charge in [0.1, 0.15) is 12.1 Å². The van der Waals surface area contributed by atoms with Crippen LogP contribution in [0.3, 0.4) is 0 Å². The van der Waals surface area contributed by atoms with Gasteiger partial charge >= 0.3 is 0 Å². The zero-order chi connectivity index (χ0) is 13.2. The van der Waals surface area contributed by atoms with Crippen LogP contribution in [0.1, 0.15) is 31.2 Å². The van der Waals surface area contributed by atoms with Gasteiger partial charge in [0.05, 0.1) is 10.2 Å². The van der Waals surface area contributed by atoms with Gasteiger partial charge in [-0.1, -0.05) is 12.8 Å². The maximum Gasteiger partial charge on any atom is 0.147 e. The first kappa shape index (κ1) is 12.8. The van der Waals surface area contributed by atoms with Crippen LogP contribution in [0.5, 0.6) is 0 Å². The maximum absolute atomic E-state index is 6.19. The van der Waals surface area contributed by atoms with Crippen molar-refractivity contribution in [1.82, 2.24) is 9.97 Å². The van der Waals surface area contributed by atoms with Crippen LogP contribution < -0.4 is 11.1 Å². The molecule has 1 fully saturated rings. The molecule has 0 bridgehead atoms. The van der Waals surface area contributed by atoms with Crippen LogP contribution in [0.4, 0.5) is 5.82 Å². The number of nitrogens with zero attached hydrogens (tertiary/aromatic N) is 2. The van der Waals surface area contributed by atoms with E-state index in [0.717, 1.165) is 29.0 Å². The van der Waals surface area contributed by atoms with Crippen molar-refractivity contribution in [3.8, 4) is 0 Å². The Morgan fingerprint density at radius 2 is 2.21 bits per heavy atom. The van der Waals surface area contributed by atoms with Crippen molar-refractivity contribution in [2.24, 2.45) is 11.7 Å². The summed E-state index contributed by atoms with van der Waals surface area (Å²) in [6.07, 6.45) is 6.61. The molecule has 5 heteroatoms. The van der Waals surface area contributed by atoms with Gasteiger partial charge in [0.2, 0.25) is 0 Å². The molecule has 2 aromatic heterocycles. The second-order valence-corrected chi connectivity index (χ2v) is 6.29. The van der Waals surface area contributed by atoms with E-state index in [2.05, 4.69) is 27.6 Å². The number of hydrogen-bond acceptors (Lipinski definition) is 5. The lowest BCUT2D eigenvalue weighted by molar-refractivity contribution is 0.321. The van der Waals surface area contributed by atoms with Gasteiger partial charge in [-0.15, -0.1) is 11.3 Å². The molecule has 102 valence electrons. The van der Waals surface area contributed by atoms with Crippen molar-refractivity contribution in [1.29, 1.82) is 0 Å². The van der Waals surface area contributed by atoms with E-state index in [1.54, 1.807) is 17.7 Å². The number of nitrogens with two attached hydrogens (primary N) is 1. The van der Waals surface area contributed by atoms with Crippen molar-refractivity contribution in [3.63, 3.8) is 0 Å². The molecule has 2 unspecified atom stereocenters. The highest BCUT2D eigenvalue weighted by Crippen LogP contribution is 2.29. The van der Waals surface area contributed by atoms with Crippen LogP contribution in [-0.2, 0) is 0 Å². The van der Waals surface area contributed by atoms with Crippen molar-refractivity contribution in [3.05, 3.63) is 17.3 Å². The number of aromatic nitrogens is 2. The number of rotatable bonds is 3. The Hall–Kier alpha value is -1.20. The Morgan fingerprint density at radius 1 is 1.37 bits per heavy atom. The molecule has 0 aromatic carbocycles. The van der Waals surface area contributed by atoms with Crippen molar-refractivity contribution in [2.75, 3.05) is 11.9 Å². The van der Waals surface area contributed by atoms with Gasteiger partial charge in [0.15, 0.2) is 0 Å². The topological polar surface area (TPSA) is 63.8 Å². The van der Waals surface area contributed by atoms with E-state index in [4.69, 9.17) is 5.73 Å². The van der Waals surface area contributed by atoms with E-state index in [9.17, 15) is 0 Å². The first-order valence-electron chi connectivity index (χ1n) is 6.94. The smallest absolute Gasteiger partial charge is 0.147 e. The Morgan fingerprint density at radius 3 is 3.05 bits per heavy atom. The summed E-state index contributed by atoms with van der Waals surface area (Å²) in [6, 6.07) is 0.337. The summed E-state index contributed by atoms with van der Waals surface area (Å²) in [4.78, 5) is 8.72. The molecule has 2 aromatic rings. The van der Waals surface area contributed by atoms with Gasteiger partial charge in [-0.25, -0.2) is 9.97 Å². The predicted octanol–water partition coefficient (Wildman–Crippen LogP) is 2.93. The molecule has 1 aliphatic carbocycles. The SMILES string of the molecule is Cc1csc2c(NCC3CCCCC3N)ncnc12. The van der Waals surface area contributed by atoms with E-state index in [1.807, 2.05) is 0 Å². The van der Waals surface area contributed by atoms with Crippen molar-refractivity contribution >= 4 is 27.4 Å². The van der Waals surface area contributed by atoms with Crippen LogP contribution in [-0.4, -0.2) is 22.6 Å². The molecule has 3 N–H and O–H groups in total. The van der Waals surface area contributed by atoms with Crippen LogP contribution >= 0.6 is 11.3 Å². The number of aryl methyl sites for hydroxylation is 1. The molecule has 4 nitrogen and oxygen atoms in total. The van der Waals surface area contributed by atoms with Crippen LogP contribution in [0, 0.1) is 12.8 Å². The van der Waals surface area contributed by atoms with Gasteiger partial charge in [-0.2, -0.15) is 0 Å². The van der Waals surface area contributed by atoms with Gasteiger partial charge in [0, 0.05) is 12.6 Å².